The van der Waals surface area contributed by atoms with Crippen molar-refractivity contribution >= 4 is 5.96 Å². The van der Waals surface area contributed by atoms with Crippen molar-refractivity contribution in [2.24, 2.45) is 4.99 Å². The summed E-state index contributed by atoms with van der Waals surface area (Å²) in [5.74, 6) is 2.50. The molecule has 0 saturated carbocycles. The van der Waals surface area contributed by atoms with E-state index in [2.05, 4.69) is 29.4 Å². The Morgan fingerprint density at radius 3 is 2.78 bits per heavy atom. The molecule has 2 rings (SSSR count). The van der Waals surface area contributed by atoms with Gasteiger partial charge in [0.2, 0.25) is 0 Å². The Hall–Kier alpha value is -1.99. The van der Waals surface area contributed by atoms with E-state index in [0.717, 1.165) is 69.8 Å². The van der Waals surface area contributed by atoms with Crippen molar-refractivity contribution in [1.29, 1.82) is 0 Å². The van der Waals surface area contributed by atoms with Gasteiger partial charge in [0, 0.05) is 38.3 Å². The van der Waals surface area contributed by atoms with E-state index in [1.165, 1.54) is 0 Å². The highest BCUT2D eigenvalue weighted by atomic mass is 16.5. The highest BCUT2D eigenvalue weighted by Crippen LogP contribution is 2.18. The zero-order chi connectivity index (χ0) is 19.3. The molecule has 1 aliphatic heterocycles. The van der Waals surface area contributed by atoms with Crippen LogP contribution in [0, 0.1) is 0 Å². The number of nitrogens with one attached hydrogen (secondary N) is 2. The molecule has 0 spiro atoms. The largest absolute Gasteiger partial charge is 0.497 e. The Labute approximate surface area is 163 Å². The smallest absolute Gasteiger partial charge is 0.191 e. The van der Waals surface area contributed by atoms with Crippen LogP contribution < -0.4 is 20.1 Å². The zero-order valence-electron chi connectivity index (χ0n) is 16.9. The molecule has 1 aromatic rings. The summed E-state index contributed by atoms with van der Waals surface area (Å²) < 4.78 is 16.4. The number of hydrogen-bond donors (Lipinski definition) is 2. The third kappa shape index (κ3) is 8.05. The molecule has 1 aliphatic rings. The number of guanidine groups is 1. The quantitative estimate of drug-likeness (QED) is 0.367. The number of benzene rings is 1. The van der Waals surface area contributed by atoms with Gasteiger partial charge in [-0.2, -0.15) is 0 Å². The molecule has 1 saturated heterocycles. The van der Waals surface area contributed by atoms with E-state index in [1.54, 1.807) is 7.11 Å². The molecule has 1 atom stereocenters. The third-order valence-electron chi connectivity index (χ3n) is 4.45. The average molecular weight is 379 g/mol. The van der Waals surface area contributed by atoms with E-state index in [0.29, 0.717) is 12.6 Å². The summed E-state index contributed by atoms with van der Waals surface area (Å²) in [6.45, 7) is 11.0. The van der Waals surface area contributed by atoms with E-state index in [-0.39, 0.29) is 0 Å². The van der Waals surface area contributed by atoms with Crippen LogP contribution >= 0.6 is 0 Å². The van der Waals surface area contributed by atoms with Gasteiger partial charge in [-0.05, 0) is 32.4 Å². The lowest BCUT2D eigenvalue weighted by atomic mass is 10.2. The SMILES string of the molecule is CCNC(=NCC(C)N1CCOCC1)NCCCOc1cccc(OC)c1. The van der Waals surface area contributed by atoms with Crippen LogP contribution in [0.1, 0.15) is 20.3 Å². The zero-order valence-corrected chi connectivity index (χ0v) is 16.9. The fraction of sp³-hybridized carbons (Fsp3) is 0.650. The van der Waals surface area contributed by atoms with Crippen LogP contribution in [0.5, 0.6) is 11.5 Å². The summed E-state index contributed by atoms with van der Waals surface area (Å²) >= 11 is 0. The first kappa shape index (κ1) is 21.3. The second-order valence-corrected chi connectivity index (χ2v) is 6.52. The van der Waals surface area contributed by atoms with Crippen molar-refractivity contribution in [2.45, 2.75) is 26.3 Å². The van der Waals surface area contributed by atoms with Gasteiger partial charge in [-0.15, -0.1) is 0 Å². The van der Waals surface area contributed by atoms with Gasteiger partial charge in [0.05, 0.1) is 33.5 Å². The van der Waals surface area contributed by atoms with E-state index in [9.17, 15) is 0 Å². The van der Waals surface area contributed by atoms with Crippen LogP contribution in [0.2, 0.25) is 0 Å². The van der Waals surface area contributed by atoms with Gasteiger partial charge in [-0.1, -0.05) is 6.07 Å². The number of aliphatic imine (C=N–C) groups is 1. The standard InChI is InChI=1S/C20H34N4O3/c1-4-21-20(23-16-17(2)24-10-13-26-14-11-24)22-9-6-12-27-19-8-5-7-18(15-19)25-3/h5,7-8,15,17H,4,6,9-14,16H2,1-3H3,(H2,21,22,23). The van der Waals surface area contributed by atoms with Gasteiger partial charge in [-0.25, -0.2) is 0 Å². The summed E-state index contributed by atoms with van der Waals surface area (Å²) in [7, 11) is 1.66. The topological polar surface area (TPSA) is 67.4 Å². The normalized spacial score (nSPS) is 16.6. The summed E-state index contributed by atoms with van der Waals surface area (Å²) in [6.07, 6.45) is 0.890. The molecular weight excluding hydrogens is 344 g/mol. The molecule has 1 heterocycles. The fourth-order valence-electron chi connectivity index (χ4n) is 2.86. The molecule has 1 aromatic carbocycles. The van der Waals surface area contributed by atoms with Crippen LogP contribution in [0.15, 0.2) is 29.3 Å². The first-order valence-electron chi connectivity index (χ1n) is 9.83. The molecule has 2 N–H and O–H groups in total. The van der Waals surface area contributed by atoms with Crippen molar-refractivity contribution in [1.82, 2.24) is 15.5 Å². The highest BCUT2D eigenvalue weighted by molar-refractivity contribution is 5.79. The van der Waals surface area contributed by atoms with Gasteiger partial charge in [0.15, 0.2) is 5.96 Å². The van der Waals surface area contributed by atoms with E-state index in [1.807, 2.05) is 24.3 Å². The maximum Gasteiger partial charge on any atom is 0.191 e. The van der Waals surface area contributed by atoms with E-state index >= 15 is 0 Å². The van der Waals surface area contributed by atoms with Crippen molar-refractivity contribution in [3.05, 3.63) is 24.3 Å². The van der Waals surface area contributed by atoms with Crippen molar-refractivity contribution < 1.29 is 14.2 Å². The molecular formula is C20H34N4O3. The predicted molar refractivity (Wildman–Crippen MR) is 109 cm³/mol. The Morgan fingerprint density at radius 1 is 1.26 bits per heavy atom. The highest BCUT2D eigenvalue weighted by Gasteiger charge is 2.16. The molecule has 1 unspecified atom stereocenters. The van der Waals surface area contributed by atoms with Gasteiger partial charge >= 0.3 is 0 Å². The molecule has 0 aromatic heterocycles. The van der Waals surface area contributed by atoms with Gasteiger partial charge in [-0.3, -0.25) is 9.89 Å². The fourth-order valence-corrected chi connectivity index (χ4v) is 2.86. The van der Waals surface area contributed by atoms with E-state index < -0.39 is 0 Å². The summed E-state index contributed by atoms with van der Waals surface area (Å²) in [5, 5.41) is 6.68. The molecule has 0 bridgehead atoms. The molecule has 7 heteroatoms. The van der Waals surface area contributed by atoms with Crippen molar-refractivity contribution in [3.63, 3.8) is 0 Å². The van der Waals surface area contributed by atoms with E-state index in [4.69, 9.17) is 19.2 Å². The number of hydrogen-bond acceptors (Lipinski definition) is 5. The summed E-state index contributed by atoms with van der Waals surface area (Å²) in [5.41, 5.74) is 0. The molecule has 152 valence electrons. The molecule has 27 heavy (non-hydrogen) atoms. The van der Waals surface area contributed by atoms with Crippen LogP contribution in [0.25, 0.3) is 0 Å². The van der Waals surface area contributed by atoms with Crippen LogP contribution in [0.4, 0.5) is 0 Å². The maximum atomic E-state index is 5.77. The summed E-state index contributed by atoms with van der Waals surface area (Å²) in [4.78, 5) is 7.15. The first-order valence-corrected chi connectivity index (χ1v) is 9.83. The number of nitrogens with zero attached hydrogens (tertiary/aromatic N) is 2. The second kappa shape index (κ2) is 12.4. The maximum absolute atomic E-state index is 5.77. The monoisotopic (exact) mass is 378 g/mol. The Kier molecular flexibility index (Phi) is 9.79. The van der Waals surface area contributed by atoms with Crippen LogP contribution in [0.3, 0.4) is 0 Å². The first-order chi connectivity index (χ1) is 13.2. The Morgan fingerprint density at radius 2 is 2.04 bits per heavy atom. The number of morpholine rings is 1. The summed E-state index contributed by atoms with van der Waals surface area (Å²) in [6, 6.07) is 8.09. The molecule has 1 fully saturated rings. The Balaban J connectivity index is 1.68. The molecule has 0 amide bonds. The van der Waals surface area contributed by atoms with Crippen LogP contribution in [-0.2, 0) is 4.74 Å². The number of methoxy groups -OCH3 is 1. The van der Waals surface area contributed by atoms with Crippen molar-refractivity contribution in [2.75, 3.05) is 59.7 Å². The van der Waals surface area contributed by atoms with Gasteiger partial charge in [0.25, 0.3) is 0 Å². The lowest BCUT2D eigenvalue weighted by molar-refractivity contribution is 0.0220. The Bertz CT molecular complexity index is 562. The lowest BCUT2D eigenvalue weighted by Gasteiger charge is -2.31. The van der Waals surface area contributed by atoms with Gasteiger partial charge in [0.1, 0.15) is 11.5 Å². The molecule has 0 aliphatic carbocycles. The lowest BCUT2D eigenvalue weighted by Crippen LogP contribution is -2.44. The third-order valence-corrected chi connectivity index (χ3v) is 4.45. The minimum Gasteiger partial charge on any atom is -0.497 e. The second-order valence-electron chi connectivity index (χ2n) is 6.52. The number of ether oxygens (including phenoxy) is 3. The number of rotatable bonds is 10. The predicted octanol–water partition coefficient (Wildman–Crippen LogP) is 1.74. The minimum absolute atomic E-state index is 0.417. The molecule has 0 radical (unpaired) electrons. The van der Waals surface area contributed by atoms with Crippen molar-refractivity contribution in [3.8, 4) is 11.5 Å². The average Bonchev–Trinajstić information content (AvgIpc) is 2.72. The minimum atomic E-state index is 0.417. The molecule has 7 nitrogen and oxygen atoms in total. The van der Waals surface area contributed by atoms with Crippen LogP contribution in [-0.4, -0.2) is 76.6 Å². The van der Waals surface area contributed by atoms with Gasteiger partial charge < -0.3 is 24.8 Å².